The predicted octanol–water partition coefficient (Wildman–Crippen LogP) is 2.92. The van der Waals surface area contributed by atoms with Crippen LogP contribution >= 0.6 is 11.6 Å². The highest BCUT2D eigenvalue weighted by Crippen LogP contribution is 2.27. The number of hydrogen-bond donors (Lipinski definition) is 1. The molecule has 1 atom stereocenters. The van der Waals surface area contributed by atoms with Gasteiger partial charge in [-0.25, -0.2) is 13.2 Å². The summed E-state index contributed by atoms with van der Waals surface area (Å²) in [6, 6.07) is 3.74. The maximum atomic E-state index is 12.4. The molecule has 0 aromatic heterocycles. The molecule has 1 aromatic rings. The molecule has 1 aliphatic carbocycles. The fraction of sp³-hybridized carbons (Fsp3) is 0.308. The van der Waals surface area contributed by atoms with Gasteiger partial charge in [0.05, 0.1) is 20.7 Å². The Kier molecular flexibility index (Phi) is 3.96. The number of carboxylic acids is 1. The molecule has 0 radical (unpaired) electrons. The Morgan fingerprint density at radius 1 is 1.37 bits per heavy atom. The van der Waals surface area contributed by atoms with E-state index in [2.05, 4.69) is 0 Å². The van der Waals surface area contributed by atoms with Crippen molar-refractivity contribution in [3.63, 3.8) is 0 Å². The highest BCUT2D eigenvalue weighted by molar-refractivity contribution is 7.92. The summed E-state index contributed by atoms with van der Waals surface area (Å²) >= 11 is 5.81. The lowest BCUT2D eigenvalue weighted by Crippen LogP contribution is -2.21. The molecule has 0 heterocycles. The van der Waals surface area contributed by atoms with Gasteiger partial charge in [-0.2, -0.15) is 0 Å². The van der Waals surface area contributed by atoms with Crippen LogP contribution < -0.4 is 0 Å². The summed E-state index contributed by atoms with van der Waals surface area (Å²) in [5.41, 5.74) is -0.0974. The van der Waals surface area contributed by atoms with Crippen molar-refractivity contribution in [1.29, 1.82) is 0 Å². The second-order valence-corrected chi connectivity index (χ2v) is 6.96. The first-order valence-corrected chi connectivity index (χ1v) is 7.79. The van der Waals surface area contributed by atoms with E-state index in [0.29, 0.717) is 6.42 Å². The van der Waals surface area contributed by atoms with Crippen molar-refractivity contribution in [1.82, 2.24) is 0 Å². The lowest BCUT2D eigenvalue weighted by atomic mass is 10.1. The lowest BCUT2D eigenvalue weighted by Gasteiger charge is -2.17. The van der Waals surface area contributed by atoms with E-state index in [1.807, 2.05) is 6.08 Å². The standard InChI is InChI=1S/C13H13ClO4S/c14-12-8-10(6-7-11(12)13(15)16)19(17,18)9-4-2-1-3-5-9/h2,4,6-9H,1,3,5H2,(H,15,16). The first-order chi connectivity index (χ1) is 8.93. The second kappa shape index (κ2) is 5.35. The van der Waals surface area contributed by atoms with Gasteiger partial charge in [-0.15, -0.1) is 0 Å². The Balaban J connectivity index is 2.41. The van der Waals surface area contributed by atoms with Crippen molar-refractivity contribution in [3.8, 4) is 0 Å². The zero-order valence-corrected chi connectivity index (χ0v) is 11.6. The highest BCUT2D eigenvalue weighted by Gasteiger charge is 2.27. The molecule has 0 aliphatic heterocycles. The van der Waals surface area contributed by atoms with E-state index in [1.165, 1.54) is 18.2 Å². The molecule has 1 aromatic carbocycles. The van der Waals surface area contributed by atoms with Gasteiger partial charge in [0, 0.05) is 0 Å². The molecule has 0 amide bonds. The zero-order valence-electron chi connectivity index (χ0n) is 10.0. The fourth-order valence-electron chi connectivity index (χ4n) is 2.06. The van der Waals surface area contributed by atoms with Gasteiger partial charge in [-0.05, 0) is 37.5 Å². The summed E-state index contributed by atoms with van der Waals surface area (Å²) in [6.45, 7) is 0. The van der Waals surface area contributed by atoms with Crippen LogP contribution in [-0.4, -0.2) is 24.7 Å². The highest BCUT2D eigenvalue weighted by atomic mass is 35.5. The van der Waals surface area contributed by atoms with Crippen LogP contribution in [0.1, 0.15) is 29.6 Å². The van der Waals surface area contributed by atoms with Gasteiger partial charge in [-0.3, -0.25) is 0 Å². The third-order valence-electron chi connectivity index (χ3n) is 3.11. The Bertz CT molecular complexity index is 634. The van der Waals surface area contributed by atoms with Crippen LogP contribution in [0.4, 0.5) is 0 Å². The third kappa shape index (κ3) is 2.82. The van der Waals surface area contributed by atoms with Crippen LogP contribution in [-0.2, 0) is 9.84 Å². The van der Waals surface area contributed by atoms with Crippen LogP contribution in [0.2, 0.25) is 5.02 Å². The molecular weight excluding hydrogens is 288 g/mol. The van der Waals surface area contributed by atoms with Crippen molar-refractivity contribution < 1.29 is 18.3 Å². The van der Waals surface area contributed by atoms with Crippen LogP contribution in [0.5, 0.6) is 0 Å². The second-order valence-electron chi connectivity index (χ2n) is 4.39. The van der Waals surface area contributed by atoms with Crippen LogP contribution in [0.15, 0.2) is 35.2 Å². The van der Waals surface area contributed by atoms with E-state index in [9.17, 15) is 13.2 Å². The third-order valence-corrected chi connectivity index (χ3v) is 5.52. The smallest absolute Gasteiger partial charge is 0.337 e. The van der Waals surface area contributed by atoms with Crippen LogP contribution in [0.3, 0.4) is 0 Å². The summed E-state index contributed by atoms with van der Waals surface area (Å²) in [4.78, 5) is 10.9. The molecular formula is C13H13ClO4S. The number of carboxylic acid groups (broad SMARTS) is 1. The van der Waals surface area contributed by atoms with E-state index in [-0.39, 0.29) is 15.5 Å². The summed E-state index contributed by atoms with van der Waals surface area (Å²) in [7, 11) is -3.49. The minimum atomic E-state index is -3.49. The summed E-state index contributed by atoms with van der Waals surface area (Å²) in [6.07, 6.45) is 5.86. The van der Waals surface area contributed by atoms with E-state index < -0.39 is 21.1 Å². The monoisotopic (exact) mass is 300 g/mol. The van der Waals surface area contributed by atoms with Gasteiger partial charge < -0.3 is 5.11 Å². The molecule has 0 spiro atoms. The van der Waals surface area contributed by atoms with Gasteiger partial charge in [0.1, 0.15) is 0 Å². The number of benzene rings is 1. The average molecular weight is 301 g/mol. The van der Waals surface area contributed by atoms with Crippen molar-refractivity contribution in [2.24, 2.45) is 0 Å². The lowest BCUT2D eigenvalue weighted by molar-refractivity contribution is 0.0697. The number of allylic oxidation sites excluding steroid dienone is 1. The largest absolute Gasteiger partial charge is 0.478 e. The quantitative estimate of drug-likeness (QED) is 0.871. The average Bonchev–Trinajstić information content (AvgIpc) is 2.39. The number of hydrogen-bond acceptors (Lipinski definition) is 3. The minimum Gasteiger partial charge on any atom is -0.478 e. The SMILES string of the molecule is O=C(O)c1ccc(S(=O)(=O)C2C=CCCC2)cc1Cl. The summed E-state index contributed by atoms with van der Waals surface area (Å²) in [5, 5.41) is 8.25. The molecule has 6 heteroatoms. The number of rotatable bonds is 3. The molecule has 0 saturated carbocycles. The van der Waals surface area contributed by atoms with E-state index in [0.717, 1.165) is 12.8 Å². The van der Waals surface area contributed by atoms with E-state index in [1.54, 1.807) is 6.08 Å². The van der Waals surface area contributed by atoms with Gasteiger partial charge in [0.15, 0.2) is 9.84 Å². The molecule has 0 saturated heterocycles. The Hall–Kier alpha value is -1.33. The zero-order chi connectivity index (χ0) is 14.0. The van der Waals surface area contributed by atoms with Gasteiger partial charge >= 0.3 is 5.97 Å². The van der Waals surface area contributed by atoms with Crippen molar-refractivity contribution in [2.75, 3.05) is 0 Å². The molecule has 1 unspecified atom stereocenters. The van der Waals surface area contributed by atoms with Crippen molar-refractivity contribution in [3.05, 3.63) is 40.9 Å². The Labute approximate surface area is 116 Å². The van der Waals surface area contributed by atoms with E-state index in [4.69, 9.17) is 16.7 Å². The molecule has 1 aliphatic rings. The number of aromatic carboxylic acids is 1. The number of sulfone groups is 1. The number of carbonyl (C=O) groups is 1. The number of halogens is 1. The Morgan fingerprint density at radius 2 is 2.11 bits per heavy atom. The molecule has 19 heavy (non-hydrogen) atoms. The molecule has 4 nitrogen and oxygen atoms in total. The first-order valence-electron chi connectivity index (χ1n) is 5.86. The predicted molar refractivity (Wildman–Crippen MR) is 72.4 cm³/mol. The van der Waals surface area contributed by atoms with Gasteiger partial charge in [0.2, 0.25) is 0 Å². The van der Waals surface area contributed by atoms with Gasteiger partial charge in [0.25, 0.3) is 0 Å². The molecule has 2 rings (SSSR count). The van der Waals surface area contributed by atoms with Crippen molar-refractivity contribution >= 4 is 27.4 Å². The summed E-state index contributed by atoms with van der Waals surface area (Å²) in [5.74, 6) is -1.17. The Morgan fingerprint density at radius 3 is 2.63 bits per heavy atom. The normalized spacial score (nSPS) is 19.3. The van der Waals surface area contributed by atoms with Crippen LogP contribution in [0, 0.1) is 0 Å². The molecule has 0 fully saturated rings. The maximum Gasteiger partial charge on any atom is 0.337 e. The fourth-order valence-corrected chi connectivity index (χ4v) is 4.07. The maximum absolute atomic E-state index is 12.4. The van der Waals surface area contributed by atoms with Gasteiger partial charge in [-0.1, -0.05) is 23.8 Å². The van der Waals surface area contributed by atoms with E-state index >= 15 is 0 Å². The molecule has 0 bridgehead atoms. The minimum absolute atomic E-state index is 0.0617. The molecule has 102 valence electrons. The van der Waals surface area contributed by atoms with Crippen LogP contribution in [0.25, 0.3) is 0 Å². The van der Waals surface area contributed by atoms with Crippen molar-refractivity contribution in [2.45, 2.75) is 29.4 Å². The molecule has 1 N–H and O–H groups in total. The topological polar surface area (TPSA) is 71.4 Å². The summed E-state index contributed by atoms with van der Waals surface area (Å²) < 4.78 is 24.7. The first kappa shape index (κ1) is 14.1.